The van der Waals surface area contributed by atoms with Gasteiger partial charge in [-0.2, -0.15) is 0 Å². The van der Waals surface area contributed by atoms with Crippen molar-refractivity contribution in [1.82, 2.24) is 9.80 Å². The van der Waals surface area contributed by atoms with Gasteiger partial charge in [0, 0.05) is 20.0 Å². The molecule has 0 bridgehead atoms. The highest BCUT2D eigenvalue weighted by Gasteiger charge is 2.36. The van der Waals surface area contributed by atoms with E-state index in [1.165, 1.54) is 10.5 Å². The van der Waals surface area contributed by atoms with Crippen LogP contribution in [-0.2, 0) is 11.2 Å². The molecule has 0 aromatic heterocycles. The van der Waals surface area contributed by atoms with Gasteiger partial charge < -0.3 is 4.90 Å². The second-order valence-corrected chi connectivity index (χ2v) is 6.77. The lowest BCUT2D eigenvalue weighted by molar-refractivity contribution is -0.131. The molecule has 0 N–H and O–H groups in total. The second kappa shape index (κ2) is 6.41. The smallest absolute Gasteiger partial charge is 0.261 e. The predicted molar refractivity (Wildman–Crippen MR) is 96.7 cm³/mol. The number of imide groups is 1. The summed E-state index contributed by atoms with van der Waals surface area (Å²) in [5, 5.41) is 0. The van der Waals surface area contributed by atoms with E-state index in [2.05, 4.69) is 6.07 Å². The van der Waals surface area contributed by atoms with Gasteiger partial charge in [0.25, 0.3) is 11.8 Å². The Labute approximate surface area is 152 Å². The average molecular weight is 348 g/mol. The third kappa shape index (κ3) is 2.60. The summed E-state index contributed by atoms with van der Waals surface area (Å²) in [5.41, 5.74) is 3.28. The summed E-state index contributed by atoms with van der Waals surface area (Å²) in [6.07, 6.45) is 1.38. The van der Waals surface area contributed by atoms with Crippen molar-refractivity contribution in [3.8, 4) is 0 Å². The molecule has 0 unspecified atom stereocenters. The number of hydrogen-bond acceptors (Lipinski definition) is 3. The van der Waals surface area contributed by atoms with Gasteiger partial charge in [-0.05, 0) is 36.1 Å². The minimum absolute atomic E-state index is 0.0202. The zero-order chi connectivity index (χ0) is 18.3. The third-order valence-electron chi connectivity index (χ3n) is 5.32. The summed E-state index contributed by atoms with van der Waals surface area (Å²) in [5.74, 6) is -0.472. The fraction of sp³-hybridized carbons (Fsp3) is 0.286. The summed E-state index contributed by atoms with van der Waals surface area (Å²) in [7, 11) is 0. The highest BCUT2D eigenvalue weighted by atomic mass is 16.2. The van der Waals surface area contributed by atoms with Gasteiger partial charge in [-0.1, -0.05) is 36.4 Å². The van der Waals surface area contributed by atoms with E-state index in [9.17, 15) is 14.4 Å². The number of benzene rings is 2. The van der Waals surface area contributed by atoms with Crippen LogP contribution < -0.4 is 0 Å². The number of fused-ring (bicyclic) bond motifs is 2. The molecule has 0 spiro atoms. The van der Waals surface area contributed by atoms with Crippen LogP contribution in [0.4, 0.5) is 0 Å². The number of nitrogens with zero attached hydrogens (tertiary/aromatic N) is 2. The van der Waals surface area contributed by atoms with Gasteiger partial charge in [-0.15, -0.1) is 0 Å². The molecule has 0 radical (unpaired) electrons. The molecule has 2 aliphatic heterocycles. The van der Waals surface area contributed by atoms with E-state index in [0.717, 1.165) is 12.0 Å². The minimum atomic E-state index is -0.246. The maximum atomic E-state index is 12.6. The number of hydrogen-bond donors (Lipinski definition) is 0. The van der Waals surface area contributed by atoms with E-state index < -0.39 is 0 Å². The predicted octanol–water partition coefficient (Wildman–Crippen LogP) is 2.82. The molecule has 2 heterocycles. The van der Waals surface area contributed by atoms with Crippen molar-refractivity contribution in [3.63, 3.8) is 0 Å². The van der Waals surface area contributed by atoms with Crippen molar-refractivity contribution in [3.05, 3.63) is 70.8 Å². The van der Waals surface area contributed by atoms with E-state index in [1.54, 1.807) is 31.2 Å². The zero-order valence-corrected chi connectivity index (χ0v) is 14.6. The highest BCUT2D eigenvalue weighted by molar-refractivity contribution is 6.21. The van der Waals surface area contributed by atoms with E-state index in [0.29, 0.717) is 30.6 Å². The fourth-order valence-corrected chi connectivity index (χ4v) is 4.03. The topological polar surface area (TPSA) is 57.7 Å². The molecule has 1 atom stereocenters. The lowest BCUT2D eigenvalue weighted by Crippen LogP contribution is -2.41. The molecule has 5 heteroatoms. The standard InChI is InChI=1S/C21H20N2O3/c1-14(24)22-12-10-15-6-2-3-7-16(15)19(22)11-13-23-20(25)17-8-4-5-9-18(17)21(23)26/h2-9,19H,10-13H2,1H3/t19-/m0/s1. The molecule has 0 fully saturated rings. The van der Waals surface area contributed by atoms with E-state index in [4.69, 9.17) is 0 Å². The van der Waals surface area contributed by atoms with Gasteiger partial charge in [0.15, 0.2) is 0 Å². The van der Waals surface area contributed by atoms with E-state index in [1.807, 2.05) is 23.1 Å². The molecular weight excluding hydrogens is 328 g/mol. The van der Waals surface area contributed by atoms with E-state index in [-0.39, 0.29) is 23.8 Å². The first kappa shape index (κ1) is 16.5. The first-order valence-electron chi connectivity index (χ1n) is 8.88. The normalized spacial score (nSPS) is 18.7. The number of carbonyl (C=O) groups excluding carboxylic acids is 3. The SMILES string of the molecule is CC(=O)N1CCc2ccccc2[C@@H]1CCN1C(=O)c2ccccc2C1=O. The number of carbonyl (C=O) groups is 3. The Kier molecular flexibility index (Phi) is 4.07. The van der Waals surface area contributed by atoms with Gasteiger partial charge in [-0.25, -0.2) is 0 Å². The van der Waals surface area contributed by atoms with Gasteiger partial charge >= 0.3 is 0 Å². The maximum absolute atomic E-state index is 12.6. The molecule has 2 aromatic carbocycles. The van der Waals surface area contributed by atoms with Gasteiger partial charge in [0.2, 0.25) is 5.91 Å². The van der Waals surface area contributed by atoms with Crippen LogP contribution in [0.15, 0.2) is 48.5 Å². The number of rotatable bonds is 3. The average Bonchev–Trinajstić information content (AvgIpc) is 2.90. The molecule has 2 aromatic rings. The molecule has 2 aliphatic rings. The fourth-order valence-electron chi connectivity index (χ4n) is 4.03. The van der Waals surface area contributed by atoms with Crippen molar-refractivity contribution in [2.24, 2.45) is 0 Å². The highest BCUT2D eigenvalue weighted by Crippen LogP contribution is 2.33. The molecule has 4 rings (SSSR count). The van der Waals surface area contributed by atoms with Crippen LogP contribution in [0, 0.1) is 0 Å². The number of amides is 3. The van der Waals surface area contributed by atoms with Gasteiger partial charge in [0.05, 0.1) is 17.2 Å². The first-order valence-corrected chi connectivity index (χ1v) is 8.88. The van der Waals surface area contributed by atoms with E-state index >= 15 is 0 Å². The Balaban J connectivity index is 1.58. The Hall–Kier alpha value is -2.95. The van der Waals surface area contributed by atoms with Crippen molar-refractivity contribution < 1.29 is 14.4 Å². The molecule has 0 saturated carbocycles. The largest absolute Gasteiger partial charge is 0.335 e. The van der Waals surface area contributed by atoms with Crippen molar-refractivity contribution in [1.29, 1.82) is 0 Å². The van der Waals surface area contributed by atoms with Crippen LogP contribution in [-0.4, -0.2) is 40.6 Å². The molecule has 26 heavy (non-hydrogen) atoms. The summed E-state index contributed by atoms with van der Waals surface area (Å²) in [6, 6.07) is 14.9. The van der Waals surface area contributed by atoms with Gasteiger partial charge in [-0.3, -0.25) is 19.3 Å². The lowest BCUT2D eigenvalue weighted by Gasteiger charge is -2.37. The van der Waals surface area contributed by atoms with Crippen molar-refractivity contribution >= 4 is 17.7 Å². The maximum Gasteiger partial charge on any atom is 0.261 e. The molecule has 3 amide bonds. The molecule has 5 nitrogen and oxygen atoms in total. The summed E-state index contributed by atoms with van der Waals surface area (Å²) < 4.78 is 0. The lowest BCUT2D eigenvalue weighted by atomic mass is 9.90. The molecule has 0 saturated heterocycles. The van der Waals surface area contributed by atoms with Crippen LogP contribution in [0.5, 0.6) is 0 Å². The minimum Gasteiger partial charge on any atom is -0.335 e. The monoisotopic (exact) mass is 348 g/mol. The second-order valence-electron chi connectivity index (χ2n) is 6.77. The van der Waals surface area contributed by atoms with Crippen molar-refractivity contribution in [2.75, 3.05) is 13.1 Å². The quantitative estimate of drug-likeness (QED) is 0.802. The van der Waals surface area contributed by atoms with Crippen LogP contribution in [0.1, 0.15) is 51.2 Å². The van der Waals surface area contributed by atoms with Crippen molar-refractivity contribution in [2.45, 2.75) is 25.8 Å². The Bertz CT molecular complexity index is 871. The molecule has 132 valence electrons. The summed E-state index contributed by atoms with van der Waals surface area (Å²) >= 11 is 0. The Morgan fingerprint density at radius 2 is 1.62 bits per heavy atom. The van der Waals surface area contributed by atoms with Crippen LogP contribution >= 0.6 is 0 Å². The molecular formula is C21H20N2O3. The zero-order valence-electron chi connectivity index (χ0n) is 14.6. The summed E-state index contributed by atoms with van der Waals surface area (Å²) in [4.78, 5) is 40.4. The summed E-state index contributed by atoms with van der Waals surface area (Å²) in [6.45, 7) is 2.54. The third-order valence-corrected chi connectivity index (χ3v) is 5.32. The van der Waals surface area contributed by atoms with Crippen LogP contribution in [0.2, 0.25) is 0 Å². The molecule has 0 aliphatic carbocycles. The first-order chi connectivity index (χ1) is 12.6. The Morgan fingerprint density at radius 3 is 2.27 bits per heavy atom. The van der Waals surface area contributed by atoms with Crippen LogP contribution in [0.3, 0.4) is 0 Å². The Morgan fingerprint density at radius 1 is 1.00 bits per heavy atom. The van der Waals surface area contributed by atoms with Crippen LogP contribution in [0.25, 0.3) is 0 Å². The van der Waals surface area contributed by atoms with Gasteiger partial charge in [0.1, 0.15) is 0 Å².